The van der Waals surface area contributed by atoms with E-state index in [-0.39, 0.29) is 5.83 Å². The molecule has 2 aromatic rings. The van der Waals surface area contributed by atoms with Crippen molar-refractivity contribution in [1.29, 1.82) is 0 Å². The molecule has 0 N–H and O–H groups in total. The minimum atomic E-state index is 0.146. The van der Waals surface area contributed by atoms with Crippen molar-refractivity contribution in [3.8, 4) is 11.1 Å². The lowest BCUT2D eigenvalue weighted by atomic mass is 9.71. The summed E-state index contributed by atoms with van der Waals surface area (Å²) in [5.41, 5.74) is 5.71. The third kappa shape index (κ3) is 4.18. The van der Waals surface area contributed by atoms with Gasteiger partial charge >= 0.3 is 0 Å². The predicted molar refractivity (Wildman–Crippen MR) is 113 cm³/mol. The maximum Gasteiger partial charge on any atom is 0.104 e. The van der Waals surface area contributed by atoms with Crippen LogP contribution in [0, 0.1) is 24.7 Å². The second-order valence-electron chi connectivity index (χ2n) is 8.85. The summed E-state index contributed by atoms with van der Waals surface area (Å²) >= 11 is 0. The van der Waals surface area contributed by atoms with E-state index in [4.69, 9.17) is 0 Å². The van der Waals surface area contributed by atoms with E-state index in [0.29, 0.717) is 12.3 Å². The monoisotopic (exact) mass is 362 g/mol. The molecule has 0 spiro atoms. The number of hydrogen-bond acceptors (Lipinski definition) is 0. The summed E-state index contributed by atoms with van der Waals surface area (Å²) in [6, 6.07) is 17.1. The Morgan fingerprint density at radius 1 is 0.704 bits per heavy atom. The van der Waals surface area contributed by atoms with Crippen molar-refractivity contribution >= 4 is 5.57 Å². The first-order valence-corrected chi connectivity index (χ1v) is 10.6. The maximum absolute atomic E-state index is 15.0. The average molecular weight is 363 g/mol. The van der Waals surface area contributed by atoms with Crippen LogP contribution in [0.3, 0.4) is 0 Å². The Balaban J connectivity index is 1.47. The van der Waals surface area contributed by atoms with E-state index in [2.05, 4.69) is 62.4 Å². The molecule has 0 bridgehead atoms. The van der Waals surface area contributed by atoms with E-state index in [9.17, 15) is 4.39 Å². The van der Waals surface area contributed by atoms with Gasteiger partial charge in [-0.05, 0) is 72.6 Å². The highest BCUT2D eigenvalue weighted by molar-refractivity contribution is 5.72. The molecule has 0 amide bonds. The van der Waals surface area contributed by atoms with Gasteiger partial charge in [-0.1, -0.05) is 73.9 Å². The fraction of sp³-hybridized carbons (Fsp3) is 0.462. The lowest BCUT2D eigenvalue weighted by Crippen LogP contribution is -2.23. The molecular weight excluding hydrogens is 331 g/mol. The van der Waals surface area contributed by atoms with E-state index in [1.54, 1.807) is 0 Å². The van der Waals surface area contributed by atoms with Gasteiger partial charge in [-0.25, -0.2) is 4.39 Å². The predicted octanol–water partition coefficient (Wildman–Crippen LogP) is 7.97. The molecule has 1 atom stereocenters. The molecule has 142 valence electrons. The van der Waals surface area contributed by atoms with Gasteiger partial charge in [-0.2, -0.15) is 0 Å². The maximum atomic E-state index is 15.0. The summed E-state index contributed by atoms with van der Waals surface area (Å²) < 4.78 is 15.0. The second-order valence-corrected chi connectivity index (χ2v) is 8.85. The molecule has 0 aromatic heterocycles. The van der Waals surface area contributed by atoms with Crippen LogP contribution in [-0.4, -0.2) is 0 Å². The van der Waals surface area contributed by atoms with Crippen LogP contribution in [0.4, 0.5) is 4.39 Å². The molecule has 2 aliphatic rings. The SMILES string of the molecule is Cc1ccc(-c2ccc(C3=C(F)CC(C4CCC(C)CC4)CC3)cc2)cc1. The number of hydrogen-bond donors (Lipinski definition) is 0. The molecule has 0 aliphatic heterocycles. The summed E-state index contributed by atoms with van der Waals surface area (Å²) in [6.45, 7) is 4.46. The van der Waals surface area contributed by atoms with Crippen LogP contribution < -0.4 is 0 Å². The zero-order valence-electron chi connectivity index (χ0n) is 16.7. The lowest BCUT2D eigenvalue weighted by molar-refractivity contribution is 0.192. The molecule has 1 fully saturated rings. The van der Waals surface area contributed by atoms with Crippen molar-refractivity contribution in [3.63, 3.8) is 0 Å². The average Bonchev–Trinajstić information content (AvgIpc) is 2.69. The van der Waals surface area contributed by atoms with Crippen LogP contribution in [0.5, 0.6) is 0 Å². The number of rotatable bonds is 3. The van der Waals surface area contributed by atoms with Crippen molar-refractivity contribution in [2.45, 2.75) is 58.8 Å². The molecule has 0 saturated heterocycles. The Morgan fingerprint density at radius 3 is 1.85 bits per heavy atom. The molecule has 27 heavy (non-hydrogen) atoms. The summed E-state index contributed by atoms with van der Waals surface area (Å²) in [6.07, 6.45) is 7.99. The molecule has 0 heterocycles. The molecule has 2 aromatic carbocycles. The Kier molecular flexibility index (Phi) is 5.48. The van der Waals surface area contributed by atoms with Gasteiger partial charge in [0.2, 0.25) is 0 Å². The molecule has 4 rings (SSSR count). The molecule has 1 saturated carbocycles. The largest absolute Gasteiger partial charge is 0.211 e. The third-order valence-corrected chi connectivity index (χ3v) is 6.88. The zero-order chi connectivity index (χ0) is 18.8. The fourth-order valence-electron chi connectivity index (χ4n) is 4.99. The smallest absolute Gasteiger partial charge is 0.104 e. The van der Waals surface area contributed by atoms with Gasteiger partial charge in [0.15, 0.2) is 0 Å². The van der Waals surface area contributed by atoms with Crippen molar-refractivity contribution < 1.29 is 4.39 Å². The second kappa shape index (κ2) is 8.00. The Hall–Kier alpha value is -1.89. The highest BCUT2D eigenvalue weighted by Crippen LogP contribution is 2.44. The zero-order valence-corrected chi connectivity index (χ0v) is 16.7. The first-order chi connectivity index (χ1) is 13.1. The number of allylic oxidation sites excluding steroid dienone is 2. The van der Waals surface area contributed by atoms with Gasteiger partial charge in [-0.3, -0.25) is 0 Å². The lowest BCUT2D eigenvalue weighted by Gasteiger charge is -2.35. The van der Waals surface area contributed by atoms with E-state index in [1.165, 1.54) is 42.4 Å². The van der Waals surface area contributed by atoms with E-state index < -0.39 is 0 Å². The Bertz CT molecular complexity index is 789. The minimum absolute atomic E-state index is 0.146. The molecule has 0 radical (unpaired) electrons. The summed E-state index contributed by atoms with van der Waals surface area (Å²) in [7, 11) is 0. The third-order valence-electron chi connectivity index (χ3n) is 6.88. The Labute approximate surface area is 163 Å². The first-order valence-electron chi connectivity index (χ1n) is 10.6. The van der Waals surface area contributed by atoms with Gasteiger partial charge in [0, 0.05) is 6.42 Å². The molecular formula is C26H31F. The van der Waals surface area contributed by atoms with Gasteiger partial charge in [-0.15, -0.1) is 0 Å². The van der Waals surface area contributed by atoms with Crippen molar-refractivity contribution in [1.82, 2.24) is 0 Å². The van der Waals surface area contributed by atoms with Crippen LogP contribution in [-0.2, 0) is 0 Å². The van der Waals surface area contributed by atoms with E-state index in [1.807, 2.05) is 0 Å². The van der Waals surface area contributed by atoms with Crippen molar-refractivity contribution in [3.05, 3.63) is 65.5 Å². The van der Waals surface area contributed by atoms with Gasteiger partial charge in [0.05, 0.1) is 0 Å². The summed E-state index contributed by atoms with van der Waals surface area (Å²) in [5.74, 6) is 2.33. The first kappa shape index (κ1) is 18.5. The Morgan fingerprint density at radius 2 is 1.26 bits per heavy atom. The van der Waals surface area contributed by atoms with Gasteiger partial charge in [0.1, 0.15) is 5.83 Å². The quantitative estimate of drug-likeness (QED) is 0.519. The molecule has 1 heteroatoms. The van der Waals surface area contributed by atoms with Crippen LogP contribution >= 0.6 is 0 Å². The molecule has 1 unspecified atom stereocenters. The van der Waals surface area contributed by atoms with Crippen LogP contribution in [0.1, 0.15) is 63.0 Å². The van der Waals surface area contributed by atoms with Gasteiger partial charge < -0.3 is 0 Å². The fourth-order valence-corrected chi connectivity index (χ4v) is 4.99. The summed E-state index contributed by atoms with van der Waals surface area (Å²) in [5, 5.41) is 0. The van der Waals surface area contributed by atoms with Gasteiger partial charge in [0.25, 0.3) is 0 Å². The molecule has 0 nitrogen and oxygen atoms in total. The van der Waals surface area contributed by atoms with Crippen molar-refractivity contribution in [2.24, 2.45) is 17.8 Å². The van der Waals surface area contributed by atoms with E-state index >= 15 is 0 Å². The number of benzene rings is 2. The van der Waals surface area contributed by atoms with Crippen LogP contribution in [0.2, 0.25) is 0 Å². The van der Waals surface area contributed by atoms with E-state index in [0.717, 1.165) is 35.8 Å². The number of aryl methyl sites for hydroxylation is 1. The van der Waals surface area contributed by atoms with Crippen LogP contribution in [0.25, 0.3) is 16.7 Å². The standard InChI is InChI=1S/C26H31F/c1-18-3-7-20(8-4-18)21-11-13-23(14-12-21)25-16-15-24(17-26(25)27)22-9-5-19(2)6-10-22/h3-4,7-8,11-14,19,22,24H,5-6,9-10,15-17H2,1-2H3. The normalized spacial score (nSPS) is 26.3. The number of halogens is 1. The highest BCUT2D eigenvalue weighted by Gasteiger charge is 2.30. The van der Waals surface area contributed by atoms with Crippen LogP contribution in [0.15, 0.2) is 54.4 Å². The summed E-state index contributed by atoms with van der Waals surface area (Å²) in [4.78, 5) is 0. The molecule has 2 aliphatic carbocycles. The topological polar surface area (TPSA) is 0 Å². The highest BCUT2D eigenvalue weighted by atomic mass is 19.1. The van der Waals surface area contributed by atoms with Crippen molar-refractivity contribution in [2.75, 3.05) is 0 Å². The minimum Gasteiger partial charge on any atom is -0.211 e.